The monoisotopic (exact) mass is 366 g/mol. The third-order valence-corrected chi connectivity index (χ3v) is 5.26. The quantitative estimate of drug-likeness (QED) is 0.834. The molecular formula is C20H22N4O3. The number of likely N-dealkylation sites (N-methyl/N-ethyl adjacent to an activating group) is 1. The highest BCUT2D eigenvalue weighted by molar-refractivity contribution is 6.24. The number of nitrogens with one attached hydrogen (secondary N) is 1. The normalized spacial score (nSPS) is 21.0. The minimum Gasteiger partial charge on any atom is -0.340 e. The zero-order chi connectivity index (χ0) is 19.0. The maximum atomic E-state index is 12.9. The smallest absolute Gasteiger partial charge is 0.329 e. The topological polar surface area (TPSA) is 73.0 Å². The predicted molar refractivity (Wildman–Crippen MR) is 102 cm³/mol. The molecular weight excluding hydrogens is 344 g/mol. The van der Waals surface area contributed by atoms with Crippen molar-refractivity contribution in [2.45, 2.75) is 12.5 Å². The largest absolute Gasteiger partial charge is 0.340 e. The van der Waals surface area contributed by atoms with Crippen molar-refractivity contribution in [2.75, 3.05) is 38.1 Å². The Morgan fingerprint density at radius 3 is 2.52 bits per heavy atom. The van der Waals surface area contributed by atoms with Gasteiger partial charge in [-0.25, -0.2) is 9.69 Å². The Morgan fingerprint density at radius 1 is 1.04 bits per heavy atom. The first-order chi connectivity index (χ1) is 13.0. The molecule has 2 aromatic carbocycles. The zero-order valence-corrected chi connectivity index (χ0v) is 15.2. The number of imide groups is 1. The summed E-state index contributed by atoms with van der Waals surface area (Å²) in [5, 5.41) is 4.45. The van der Waals surface area contributed by atoms with E-state index in [-0.39, 0.29) is 18.2 Å². The van der Waals surface area contributed by atoms with Crippen LogP contribution in [0.2, 0.25) is 0 Å². The second kappa shape index (κ2) is 7.00. The maximum Gasteiger partial charge on any atom is 0.329 e. The highest BCUT2D eigenvalue weighted by Crippen LogP contribution is 2.29. The minimum absolute atomic E-state index is 0.00441. The Hall–Kier alpha value is -2.93. The van der Waals surface area contributed by atoms with E-state index in [4.69, 9.17) is 0 Å². The van der Waals surface area contributed by atoms with Crippen LogP contribution in [0.1, 0.15) is 6.42 Å². The number of carbonyl (C=O) groups is 3. The summed E-state index contributed by atoms with van der Waals surface area (Å²) < 4.78 is 0. The number of hydrogen-bond acceptors (Lipinski definition) is 4. The first-order valence-corrected chi connectivity index (χ1v) is 9.13. The molecule has 27 heavy (non-hydrogen) atoms. The molecule has 0 radical (unpaired) electrons. The number of hydrogen-bond donors (Lipinski definition) is 1. The number of carbonyl (C=O) groups excluding carboxylic acids is 3. The molecule has 4 amide bonds. The summed E-state index contributed by atoms with van der Waals surface area (Å²) in [5.74, 6) is -0.472. The van der Waals surface area contributed by atoms with E-state index in [0.717, 1.165) is 28.8 Å². The number of fused-ring (bicyclic) bond motifs is 1. The molecule has 2 fully saturated rings. The second-order valence-electron chi connectivity index (χ2n) is 7.06. The number of nitrogens with zero attached hydrogens (tertiary/aromatic N) is 3. The lowest BCUT2D eigenvalue weighted by Crippen LogP contribution is -2.48. The van der Waals surface area contributed by atoms with Gasteiger partial charge in [-0.3, -0.25) is 9.59 Å². The zero-order valence-electron chi connectivity index (χ0n) is 15.2. The summed E-state index contributed by atoms with van der Waals surface area (Å²) in [7, 11) is 2.02. The van der Waals surface area contributed by atoms with Crippen molar-refractivity contribution in [1.82, 2.24) is 15.1 Å². The fraction of sp³-hybridized carbons (Fsp3) is 0.350. The summed E-state index contributed by atoms with van der Waals surface area (Å²) in [6.45, 7) is 2.94. The highest BCUT2D eigenvalue weighted by atomic mass is 16.2. The van der Waals surface area contributed by atoms with E-state index in [9.17, 15) is 14.4 Å². The van der Waals surface area contributed by atoms with Crippen molar-refractivity contribution in [2.24, 2.45) is 0 Å². The van der Waals surface area contributed by atoms with E-state index in [1.54, 1.807) is 11.0 Å². The summed E-state index contributed by atoms with van der Waals surface area (Å²) in [5.41, 5.74) is 0.546. The van der Waals surface area contributed by atoms with Gasteiger partial charge in [-0.1, -0.05) is 36.4 Å². The first kappa shape index (κ1) is 17.5. The third-order valence-electron chi connectivity index (χ3n) is 5.26. The fourth-order valence-electron chi connectivity index (χ4n) is 3.66. The molecule has 0 bridgehead atoms. The number of piperazine rings is 1. The van der Waals surface area contributed by atoms with E-state index >= 15 is 0 Å². The molecule has 2 aliphatic rings. The van der Waals surface area contributed by atoms with Gasteiger partial charge in [0.2, 0.25) is 5.91 Å². The standard InChI is InChI=1S/C20H22N4O3/c1-22-9-11-23(12-10-22)18(25)13-16-19(26)24(20(27)21-16)17-8-4-6-14-5-2-3-7-15(14)17/h2-8,16H,9-13H2,1H3,(H,21,27)/t16-/m1/s1. The number of anilines is 1. The third kappa shape index (κ3) is 3.26. The summed E-state index contributed by atoms with van der Waals surface area (Å²) >= 11 is 0. The molecule has 2 saturated heterocycles. The van der Waals surface area contributed by atoms with Crippen LogP contribution in [0.25, 0.3) is 10.8 Å². The van der Waals surface area contributed by atoms with Crippen molar-refractivity contribution < 1.29 is 14.4 Å². The van der Waals surface area contributed by atoms with Crippen molar-refractivity contribution >= 4 is 34.3 Å². The Bertz CT molecular complexity index is 900. The van der Waals surface area contributed by atoms with Crippen molar-refractivity contribution in [3.63, 3.8) is 0 Å². The SMILES string of the molecule is CN1CCN(C(=O)C[C@H]2NC(=O)N(c3cccc4ccccc34)C2=O)CC1. The van der Waals surface area contributed by atoms with Gasteiger partial charge in [-0.05, 0) is 18.5 Å². The molecule has 1 N–H and O–H groups in total. The predicted octanol–water partition coefficient (Wildman–Crippen LogP) is 1.43. The summed E-state index contributed by atoms with van der Waals surface area (Å²) in [6, 6.07) is 11.8. The van der Waals surface area contributed by atoms with Crippen LogP contribution in [-0.4, -0.2) is 66.9 Å². The lowest BCUT2D eigenvalue weighted by atomic mass is 10.1. The molecule has 0 saturated carbocycles. The van der Waals surface area contributed by atoms with Crippen LogP contribution in [-0.2, 0) is 9.59 Å². The molecule has 7 nitrogen and oxygen atoms in total. The Labute approximate surface area is 157 Å². The maximum absolute atomic E-state index is 12.9. The number of benzene rings is 2. The van der Waals surface area contributed by atoms with Gasteiger partial charge in [0.25, 0.3) is 5.91 Å². The average Bonchev–Trinajstić information content (AvgIpc) is 2.95. The van der Waals surface area contributed by atoms with Crippen molar-refractivity contribution in [3.8, 4) is 0 Å². The molecule has 1 atom stereocenters. The Balaban J connectivity index is 1.53. The van der Waals surface area contributed by atoms with Crippen LogP contribution < -0.4 is 10.2 Å². The molecule has 2 aliphatic heterocycles. The lowest BCUT2D eigenvalue weighted by Gasteiger charge is -2.32. The molecule has 0 unspecified atom stereocenters. The average molecular weight is 366 g/mol. The van der Waals surface area contributed by atoms with E-state index in [0.29, 0.717) is 18.8 Å². The van der Waals surface area contributed by atoms with E-state index in [1.807, 2.05) is 43.4 Å². The molecule has 2 aromatic rings. The van der Waals surface area contributed by atoms with Gasteiger partial charge in [0.1, 0.15) is 6.04 Å². The van der Waals surface area contributed by atoms with E-state index in [2.05, 4.69) is 10.2 Å². The van der Waals surface area contributed by atoms with Crippen molar-refractivity contribution in [3.05, 3.63) is 42.5 Å². The van der Waals surface area contributed by atoms with Crippen LogP contribution in [0.4, 0.5) is 10.5 Å². The second-order valence-corrected chi connectivity index (χ2v) is 7.06. The van der Waals surface area contributed by atoms with Gasteiger partial charge in [0.05, 0.1) is 12.1 Å². The van der Waals surface area contributed by atoms with E-state index in [1.165, 1.54) is 0 Å². The number of amides is 4. The minimum atomic E-state index is -0.816. The van der Waals surface area contributed by atoms with Crippen LogP contribution in [0.15, 0.2) is 42.5 Å². The summed E-state index contributed by atoms with van der Waals surface area (Å²) in [6.07, 6.45) is -0.00441. The van der Waals surface area contributed by atoms with Gasteiger partial charge in [0, 0.05) is 31.6 Å². The van der Waals surface area contributed by atoms with E-state index < -0.39 is 12.1 Å². The van der Waals surface area contributed by atoms with Crippen LogP contribution in [0.5, 0.6) is 0 Å². The number of urea groups is 1. The molecule has 7 heteroatoms. The molecule has 4 rings (SSSR count). The molecule has 2 heterocycles. The first-order valence-electron chi connectivity index (χ1n) is 9.13. The Morgan fingerprint density at radius 2 is 1.74 bits per heavy atom. The van der Waals surface area contributed by atoms with Crippen LogP contribution in [0.3, 0.4) is 0 Å². The molecule has 0 aromatic heterocycles. The fourth-order valence-corrected chi connectivity index (χ4v) is 3.66. The molecule has 0 spiro atoms. The van der Waals surface area contributed by atoms with Gasteiger partial charge in [0.15, 0.2) is 0 Å². The highest BCUT2D eigenvalue weighted by Gasteiger charge is 2.41. The molecule has 0 aliphatic carbocycles. The molecule has 140 valence electrons. The van der Waals surface area contributed by atoms with Gasteiger partial charge in [-0.15, -0.1) is 0 Å². The van der Waals surface area contributed by atoms with Gasteiger partial charge in [-0.2, -0.15) is 0 Å². The van der Waals surface area contributed by atoms with Gasteiger partial charge >= 0.3 is 6.03 Å². The number of rotatable bonds is 3. The van der Waals surface area contributed by atoms with Crippen molar-refractivity contribution in [1.29, 1.82) is 0 Å². The lowest BCUT2D eigenvalue weighted by molar-refractivity contribution is -0.135. The van der Waals surface area contributed by atoms with Gasteiger partial charge < -0.3 is 15.1 Å². The summed E-state index contributed by atoms with van der Waals surface area (Å²) in [4.78, 5) is 43.0. The van der Waals surface area contributed by atoms with Crippen LogP contribution >= 0.6 is 0 Å². The van der Waals surface area contributed by atoms with Crippen LogP contribution in [0, 0.1) is 0 Å². The Kier molecular flexibility index (Phi) is 4.53.